The van der Waals surface area contributed by atoms with Gasteiger partial charge in [-0.25, -0.2) is 9.38 Å². The summed E-state index contributed by atoms with van der Waals surface area (Å²) in [5, 5.41) is 18.7. The van der Waals surface area contributed by atoms with Crippen molar-refractivity contribution < 1.29 is 24.1 Å². The maximum Gasteiger partial charge on any atom is 0.224 e. The highest BCUT2D eigenvalue weighted by molar-refractivity contribution is 6.39. The number of carbonyl (C=O) groups is 1. The number of allylic oxidation sites excluding steroid dienone is 1. The molecular weight excluding hydrogens is 398 g/mol. The zero-order valence-electron chi connectivity index (χ0n) is 13.7. The van der Waals surface area contributed by atoms with Crippen LogP contribution in [0.5, 0.6) is 0 Å². The van der Waals surface area contributed by atoms with Gasteiger partial charge in [0, 0.05) is 11.8 Å². The molecule has 0 amide bonds. The third-order valence-corrected chi connectivity index (χ3v) is 4.39. The standard InChI is InChI=1S/C18H13Cl2FN2O4/c19-12-6-10(21)7-13(20)17(12)23-11(9-25)8-15(26)16-14(23)2-1-3-22-18(16)27-5-4-24/h3,6-8,14,24-25H,4-5,9H2. The fourth-order valence-electron chi connectivity index (χ4n) is 2.78. The first-order chi connectivity index (χ1) is 13.0. The van der Waals surface area contributed by atoms with Gasteiger partial charge in [0.25, 0.3) is 0 Å². The smallest absolute Gasteiger partial charge is 0.224 e. The monoisotopic (exact) mass is 410 g/mol. The Kier molecular flexibility index (Phi) is 5.82. The summed E-state index contributed by atoms with van der Waals surface area (Å²) in [4.78, 5) is 18.1. The molecule has 0 fully saturated rings. The maximum absolute atomic E-state index is 13.6. The number of hydrogen-bond acceptors (Lipinski definition) is 6. The number of aliphatic imine (C=N–C) groups is 1. The molecule has 6 nitrogen and oxygen atoms in total. The van der Waals surface area contributed by atoms with E-state index in [1.54, 1.807) is 0 Å². The molecule has 9 heteroatoms. The molecule has 0 aliphatic carbocycles. The van der Waals surface area contributed by atoms with Crippen LogP contribution >= 0.6 is 23.2 Å². The Labute approximate surface area is 164 Å². The molecule has 0 aromatic heterocycles. The minimum absolute atomic E-state index is 0.0159. The summed E-state index contributed by atoms with van der Waals surface area (Å²) in [5.41, 5.74) is 0.466. The topological polar surface area (TPSA) is 82.4 Å². The van der Waals surface area contributed by atoms with Crippen molar-refractivity contribution in [2.45, 2.75) is 6.04 Å². The van der Waals surface area contributed by atoms with Crippen molar-refractivity contribution in [3.05, 3.63) is 51.2 Å². The van der Waals surface area contributed by atoms with Gasteiger partial charge in [0.2, 0.25) is 5.88 Å². The predicted octanol–water partition coefficient (Wildman–Crippen LogP) is 2.07. The van der Waals surface area contributed by atoms with Crippen LogP contribution in [0.1, 0.15) is 0 Å². The van der Waals surface area contributed by atoms with Gasteiger partial charge >= 0.3 is 0 Å². The summed E-state index contributed by atoms with van der Waals surface area (Å²) < 4.78 is 19.0. The van der Waals surface area contributed by atoms with Gasteiger partial charge in [-0.2, -0.15) is 0 Å². The van der Waals surface area contributed by atoms with Gasteiger partial charge in [0.1, 0.15) is 18.5 Å². The zero-order valence-corrected chi connectivity index (χ0v) is 15.3. The second kappa shape index (κ2) is 8.11. The zero-order chi connectivity index (χ0) is 19.6. The average molecular weight is 411 g/mol. The van der Waals surface area contributed by atoms with Crippen molar-refractivity contribution in [1.29, 1.82) is 0 Å². The van der Waals surface area contributed by atoms with Crippen LogP contribution in [0.4, 0.5) is 10.1 Å². The van der Waals surface area contributed by atoms with Crippen molar-refractivity contribution >= 4 is 40.9 Å². The lowest BCUT2D eigenvalue weighted by molar-refractivity contribution is -0.112. The minimum Gasteiger partial charge on any atom is -0.475 e. The molecule has 1 atom stereocenters. The third-order valence-electron chi connectivity index (χ3n) is 3.82. The Morgan fingerprint density at radius 2 is 2.00 bits per heavy atom. The van der Waals surface area contributed by atoms with Crippen molar-refractivity contribution in [2.24, 2.45) is 4.99 Å². The van der Waals surface area contributed by atoms with Crippen LogP contribution in [0.2, 0.25) is 10.0 Å². The molecule has 2 aliphatic rings. The number of carbonyl (C=O) groups excluding carboxylic acids is 1. The molecule has 0 spiro atoms. The van der Waals surface area contributed by atoms with Gasteiger partial charge in [0.15, 0.2) is 5.78 Å². The van der Waals surface area contributed by atoms with E-state index in [4.69, 9.17) is 33.0 Å². The molecule has 3 rings (SSSR count). The Hall–Kier alpha value is -2.37. The molecule has 2 aliphatic heterocycles. The maximum atomic E-state index is 13.6. The van der Waals surface area contributed by atoms with Gasteiger partial charge in [0.05, 0.1) is 40.7 Å². The van der Waals surface area contributed by atoms with E-state index in [2.05, 4.69) is 16.8 Å². The summed E-state index contributed by atoms with van der Waals surface area (Å²) in [6, 6.07) is 1.21. The lowest BCUT2D eigenvalue weighted by atomic mass is 9.95. The van der Waals surface area contributed by atoms with Gasteiger partial charge in [-0.05, 0) is 12.1 Å². The Morgan fingerprint density at radius 3 is 2.63 bits per heavy atom. The molecule has 1 aromatic rings. The van der Waals surface area contributed by atoms with E-state index in [1.807, 2.05) is 0 Å². The van der Waals surface area contributed by atoms with Crippen LogP contribution in [-0.4, -0.2) is 48.1 Å². The molecule has 1 unspecified atom stereocenters. The summed E-state index contributed by atoms with van der Waals surface area (Å²) in [6.07, 6.45) is 2.45. The minimum atomic E-state index is -0.929. The molecule has 1 aromatic carbocycles. The highest BCUT2D eigenvalue weighted by Gasteiger charge is 2.38. The molecule has 2 N–H and O–H groups in total. The van der Waals surface area contributed by atoms with Crippen molar-refractivity contribution in [3.63, 3.8) is 0 Å². The lowest BCUT2D eigenvalue weighted by Crippen LogP contribution is -2.43. The second-order valence-electron chi connectivity index (χ2n) is 5.49. The average Bonchev–Trinajstić information content (AvgIpc) is 2.83. The van der Waals surface area contributed by atoms with Crippen LogP contribution in [0.3, 0.4) is 0 Å². The van der Waals surface area contributed by atoms with Crippen LogP contribution in [0.25, 0.3) is 0 Å². The molecule has 27 heavy (non-hydrogen) atoms. The fraction of sp³-hybridized carbons (Fsp3) is 0.222. The second-order valence-corrected chi connectivity index (χ2v) is 6.30. The van der Waals surface area contributed by atoms with Crippen molar-refractivity contribution in [1.82, 2.24) is 0 Å². The molecule has 140 valence electrons. The molecule has 0 saturated heterocycles. The number of rotatable bonds is 5. The van der Waals surface area contributed by atoms with E-state index in [0.29, 0.717) is 0 Å². The van der Waals surface area contributed by atoms with Crippen LogP contribution in [0, 0.1) is 17.7 Å². The van der Waals surface area contributed by atoms with Crippen LogP contribution in [0.15, 0.2) is 40.4 Å². The normalized spacial score (nSPS) is 18.6. The predicted molar refractivity (Wildman–Crippen MR) is 99.2 cm³/mol. The first-order valence-corrected chi connectivity index (χ1v) is 8.54. The number of benzene rings is 1. The van der Waals surface area contributed by atoms with Crippen LogP contribution < -0.4 is 4.90 Å². The van der Waals surface area contributed by atoms with E-state index in [9.17, 15) is 14.3 Å². The quantitative estimate of drug-likeness (QED) is 0.726. The number of aliphatic hydroxyl groups is 2. The summed E-state index contributed by atoms with van der Waals surface area (Å²) in [5.74, 6) is 4.41. The largest absolute Gasteiger partial charge is 0.475 e. The third kappa shape index (κ3) is 3.70. The number of nitrogens with zero attached hydrogens (tertiary/aromatic N) is 2. The summed E-state index contributed by atoms with van der Waals surface area (Å²) in [7, 11) is 0. The number of ether oxygens (including phenoxy) is 1. The number of halogens is 3. The van der Waals surface area contributed by atoms with Gasteiger partial charge in [-0.1, -0.05) is 35.0 Å². The van der Waals surface area contributed by atoms with Gasteiger partial charge in [-0.15, -0.1) is 0 Å². The number of fused-ring (bicyclic) bond motifs is 1. The molecule has 0 bridgehead atoms. The first kappa shape index (κ1) is 19.4. The van der Waals surface area contributed by atoms with Crippen LogP contribution in [-0.2, 0) is 9.53 Å². The molecular formula is C18H13Cl2FN2O4. The Balaban J connectivity index is 2.23. The molecule has 0 radical (unpaired) electrons. The van der Waals surface area contributed by atoms with E-state index in [0.717, 1.165) is 12.1 Å². The van der Waals surface area contributed by atoms with E-state index in [-0.39, 0.29) is 46.1 Å². The van der Waals surface area contributed by atoms with Crippen molar-refractivity contribution in [3.8, 4) is 11.8 Å². The summed E-state index contributed by atoms with van der Waals surface area (Å²) in [6.45, 7) is -0.858. The summed E-state index contributed by atoms with van der Waals surface area (Å²) >= 11 is 12.4. The van der Waals surface area contributed by atoms with Crippen molar-refractivity contribution in [2.75, 3.05) is 24.7 Å². The molecule has 2 heterocycles. The van der Waals surface area contributed by atoms with E-state index >= 15 is 0 Å². The number of anilines is 1. The Morgan fingerprint density at radius 1 is 1.30 bits per heavy atom. The first-order valence-electron chi connectivity index (χ1n) is 7.79. The SMILES string of the molecule is O=C1C=C(CO)N(c2c(Cl)cc(F)cc2Cl)C2C#CC=NC(OCCO)=C12. The Bertz CT molecular complexity index is 923. The number of hydrogen-bond donors (Lipinski definition) is 2. The van der Waals surface area contributed by atoms with Gasteiger partial charge < -0.3 is 19.8 Å². The van der Waals surface area contributed by atoms with E-state index < -0.39 is 24.2 Å². The van der Waals surface area contributed by atoms with Gasteiger partial charge in [-0.3, -0.25) is 4.79 Å². The number of aliphatic hydroxyl groups excluding tert-OH is 2. The van der Waals surface area contributed by atoms with E-state index in [1.165, 1.54) is 17.2 Å². The number of ketones is 1. The fourth-order valence-corrected chi connectivity index (χ4v) is 3.42. The lowest BCUT2D eigenvalue weighted by Gasteiger charge is -2.36. The molecule has 0 saturated carbocycles. The highest BCUT2D eigenvalue weighted by atomic mass is 35.5. The highest BCUT2D eigenvalue weighted by Crippen LogP contribution is 2.41.